The number of rotatable bonds is 5. The maximum Gasteiger partial charge on any atom is 0.339 e. The van der Waals surface area contributed by atoms with E-state index in [4.69, 9.17) is 9.15 Å². The van der Waals surface area contributed by atoms with Crippen molar-refractivity contribution in [2.45, 2.75) is 13.8 Å². The number of esters is 1. The SMILES string of the molecule is COC(=O)c1ccc(-c2ccc(C=NNC(=O)Nc3ccccc3C)o2)c(C)c1. The number of benzene rings is 2. The Labute approximate surface area is 168 Å². The number of ether oxygens (including phenoxy) is 1. The number of hydrazone groups is 1. The van der Waals surface area contributed by atoms with Crippen LogP contribution in [0.1, 0.15) is 27.2 Å². The zero-order valence-electron chi connectivity index (χ0n) is 16.4. The Kier molecular flexibility index (Phi) is 6.09. The van der Waals surface area contributed by atoms with Crippen LogP contribution in [-0.2, 0) is 4.74 Å². The van der Waals surface area contributed by atoms with E-state index in [1.54, 1.807) is 30.3 Å². The van der Waals surface area contributed by atoms with Crippen molar-refractivity contribution in [2.75, 3.05) is 12.4 Å². The number of aryl methyl sites for hydroxylation is 2. The zero-order valence-corrected chi connectivity index (χ0v) is 16.4. The second-order valence-electron chi connectivity index (χ2n) is 6.36. The standard InChI is InChI=1S/C22H21N3O4/c1-14-6-4-5-7-19(14)24-22(27)25-23-13-17-9-11-20(29-17)18-10-8-16(12-15(18)2)21(26)28-3/h4-13H,1-3H3,(H2,24,25,27). The molecule has 29 heavy (non-hydrogen) atoms. The molecule has 0 unspecified atom stereocenters. The highest BCUT2D eigenvalue weighted by Crippen LogP contribution is 2.26. The second kappa shape index (κ2) is 8.88. The lowest BCUT2D eigenvalue weighted by Gasteiger charge is -2.06. The molecule has 7 heteroatoms. The first-order valence-electron chi connectivity index (χ1n) is 8.93. The first-order valence-corrected chi connectivity index (χ1v) is 8.93. The summed E-state index contributed by atoms with van der Waals surface area (Å²) in [5.74, 6) is 0.722. The molecular weight excluding hydrogens is 370 g/mol. The van der Waals surface area contributed by atoms with E-state index in [9.17, 15) is 9.59 Å². The van der Waals surface area contributed by atoms with Crippen LogP contribution in [0.5, 0.6) is 0 Å². The van der Waals surface area contributed by atoms with Gasteiger partial charge >= 0.3 is 12.0 Å². The van der Waals surface area contributed by atoms with Crippen LogP contribution in [0.3, 0.4) is 0 Å². The topological polar surface area (TPSA) is 92.9 Å². The highest BCUT2D eigenvalue weighted by Gasteiger charge is 2.11. The quantitative estimate of drug-likeness (QED) is 0.380. The maximum absolute atomic E-state index is 11.9. The molecule has 1 aromatic heterocycles. The number of anilines is 1. The number of para-hydroxylation sites is 1. The third kappa shape index (κ3) is 4.90. The summed E-state index contributed by atoms with van der Waals surface area (Å²) in [7, 11) is 1.35. The number of hydrogen-bond acceptors (Lipinski definition) is 5. The summed E-state index contributed by atoms with van der Waals surface area (Å²) in [5, 5.41) is 6.63. The predicted molar refractivity (Wildman–Crippen MR) is 111 cm³/mol. The van der Waals surface area contributed by atoms with E-state index in [1.807, 2.05) is 38.1 Å². The molecule has 0 spiro atoms. The van der Waals surface area contributed by atoms with Gasteiger partial charge in [-0.3, -0.25) is 0 Å². The molecule has 0 saturated heterocycles. The highest BCUT2D eigenvalue weighted by molar-refractivity contribution is 5.91. The molecule has 0 bridgehead atoms. The third-order valence-electron chi connectivity index (χ3n) is 4.29. The van der Waals surface area contributed by atoms with Gasteiger partial charge in [0.2, 0.25) is 0 Å². The number of nitrogens with zero attached hydrogens (tertiary/aromatic N) is 1. The summed E-state index contributed by atoms with van der Waals surface area (Å²) >= 11 is 0. The molecule has 0 atom stereocenters. The number of carbonyl (C=O) groups is 2. The van der Waals surface area contributed by atoms with E-state index < -0.39 is 6.03 Å². The highest BCUT2D eigenvalue weighted by atomic mass is 16.5. The molecule has 0 aliphatic heterocycles. The van der Waals surface area contributed by atoms with Crippen LogP contribution < -0.4 is 10.7 Å². The molecule has 0 radical (unpaired) electrons. The molecule has 3 rings (SSSR count). The van der Waals surface area contributed by atoms with Gasteiger partial charge in [0.1, 0.15) is 11.5 Å². The average Bonchev–Trinajstić information content (AvgIpc) is 3.17. The van der Waals surface area contributed by atoms with Crippen LogP contribution >= 0.6 is 0 Å². The van der Waals surface area contributed by atoms with Gasteiger partial charge in [0.25, 0.3) is 0 Å². The first kappa shape index (κ1) is 19.9. The largest absolute Gasteiger partial charge is 0.465 e. The van der Waals surface area contributed by atoms with Gasteiger partial charge in [0.15, 0.2) is 0 Å². The Bertz CT molecular complexity index is 1070. The van der Waals surface area contributed by atoms with E-state index in [-0.39, 0.29) is 5.97 Å². The summed E-state index contributed by atoms with van der Waals surface area (Å²) in [6.45, 7) is 3.79. The van der Waals surface area contributed by atoms with E-state index >= 15 is 0 Å². The third-order valence-corrected chi connectivity index (χ3v) is 4.29. The lowest BCUT2D eigenvalue weighted by Crippen LogP contribution is -2.24. The van der Waals surface area contributed by atoms with E-state index in [1.165, 1.54) is 13.3 Å². The number of carbonyl (C=O) groups excluding carboxylic acids is 2. The van der Waals surface area contributed by atoms with Crippen molar-refractivity contribution < 1.29 is 18.7 Å². The van der Waals surface area contributed by atoms with Gasteiger partial charge in [0.05, 0.1) is 18.9 Å². The molecule has 1 heterocycles. The first-order chi connectivity index (χ1) is 14.0. The minimum Gasteiger partial charge on any atom is -0.465 e. The average molecular weight is 391 g/mol. The summed E-state index contributed by atoms with van der Waals surface area (Å²) < 4.78 is 10.5. The van der Waals surface area contributed by atoms with Crippen LogP contribution in [-0.4, -0.2) is 25.3 Å². The Hall–Kier alpha value is -3.87. The van der Waals surface area contributed by atoms with Crippen LogP contribution in [0.15, 0.2) is 64.1 Å². The van der Waals surface area contributed by atoms with Gasteiger partial charge in [-0.25, -0.2) is 15.0 Å². The monoisotopic (exact) mass is 391 g/mol. The Balaban J connectivity index is 1.64. The summed E-state index contributed by atoms with van der Waals surface area (Å²) in [6.07, 6.45) is 1.42. The molecule has 0 aliphatic carbocycles. The number of nitrogens with one attached hydrogen (secondary N) is 2. The lowest BCUT2D eigenvalue weighted by atomic mass is 10.0. The number of hydrogen-bond donors (Lipinski definition) is 2. The van der Waals surface area contributed by atoms with Gasteiger partial charge in [0, 0.05) is 11.3 Å². The van der Waals surface area contributed by atoms with E-state index in [2.05, 4.69) is 15.8 Å². The van der Waals surface area contributed by atoms with Gasteiger partial charge in [-0.2, -0.15) is 5.10 Å². The fourth-order valence-corrected chi connectivity index (χ4v) is 2.77. The van der Waals surface area contributed by atoms with Crippen molar-refractivity contribution in [1.82, 2.24) is 5.43 Å². The number of methoxy groups -OCH3 is 1. The van der Waals surface area contributed by atoms with Gasteiger partial charge in [-0.05, 0) is 55.3 Å². The van der Waals surface area contributed by atoms with E-state index in [0.29, 0.717) is 22.8 Å². The normalized spacial score (nSPS) is 10.7. The number of amides is 2. The summed E-state index contributed by atoms with van der Waals surface area (Å²) in [5.41, 5.74) is 6.27. The Morgan fingerprint density at radius 1 is 1.03 bits per heavy atom. The fourth-order valence-electron chi connectivity index (χ4n) is 2.77. The fraction of sp³-hybridized carbons (Fsp3) is 0.136. The van der Waals surface area contributed by atoms with Crippen LogP contribution in [0.2, 0.25) is 0 Å². The molecule has 7 nitrogen and oxygen atoms in total. The smallest absolute Gasteiger partial charge is 0.339 e. The van der Waals surface area contributed by atoms with Crippen LogP contribution in [0, 0.1) is 13.8 Å². The summed E-state index contributed by atoms with van der Waals surface area (Å²) in [6, 6.07) is 15.8. The zero-order chi connectivity index (χ0) is 20.8. The molecule has 2 N–H and O–H groups in total. The van der Waals surface area contributed by atoms with Crippen LogP contribution in [0.25, 0.3) is 11.3 Å². The molecule has 0 saturated carbocycles. The molecular formula is C22H21N3O4. The number of urea groups is 1. The van der Waals surface area contributed by atoms with Crippen molar-refractivity contribution in [2.24, 2.45) is 5.10 Å². The van der Waals surface area contributed by atoms with Gasteiger partial charge in [-0.15, -0.1) is 0 Å². The van der Waals surface area contributed by atoms with Gasteiger partial charge in [-0.1, -0.05) is 24.3 Å². The number of furan rings is 1. The van der Waals surface area contributed by atoms with Crippen molar-refractivity contribution in [3.63, 3.8) is 0 Å². The summed E-state index contributed by atoms with van der Waals surface area (Å²) in [4.78, 5) is 23.6. The molecule has 0 fully saturated rings. The molecule has 2 amide bonds. The van der Waals surface area contributed by atoms with Crippen molar-refractivity contribution in [3.05, 3.63) is 77.0 Å². The maximum atomic E-state index is 11.9. The predicted octanol–water partition coefficient (Wildman–Crippen LogP) is 4.51. The minimum absolute atomic E-state index is 0.387. The van der Waals surface area contributed by atoms with E-state index in [0.717, 1.165) is 16.7 Å². The Morgan fingerprint density at radius 2 is 1.83 bits per heavy atom. The lowest BCUT2D eigenvalue weighted by molar-refractivity contribution is 0.0600. The molecule has 148 valence electrons. The van der Waals surface area contributed by atoms with Crippen molar-refractivity contribution >= 4 is 23.9 Å². The second-order valence-corrected chi connectivity index (χ2v) is 6.36. The van der Waals surface area contributed by atoms with Gasteiger partial charge < -0.3 is 14.5 Å². The van der Waals surface area contributed by atoms with Crippen molar-refractivity contribution in [3.8, 4) is 11.3 Å². The Morgan fingerprint density at radius 3 is 2.55 bits per heavy atom. The van der Waals surface area contributed by atoms with Crippen molar-refractivity contribution in [1.29, 1.82) is 0 Å². The van der Waals surface area contributed by atoms with Crippen LogP contribution in [0.4, 0.5) is 10.5 Å². The molecule has 3 aromatic rings. The molecule has 0 aliphatic rings. The molecule has 2 aromatic carbocycles. The minimum atomic E-state index is -0.448.